The molecule has 6 heteroatoms. The summed E-state index contributed by atoms with van der Waals surface area (Å²) in [5.74, 6) is 1.47. The molecule has 0 atom stereocenters. The third-order valence-electron chi connectivity index (χ3n) is 2.09. The van der Waals surface area contributed by atoms with E-state index < -0.39 is 0 Å². The summed E-state index contributed by atoms with van der Waals surface area (Å²) < 4.78 is 10.5. The molecule has 0 aliphatic rings. The molecular weight excluding hydrogens is 232 g/mol. The summed E-state index contributed by atoms with van der Waals surface area (Å²) in [7, 11) is 1.59. The molecule has 0 radical (unpaired) electrons. The zero-order chi connectivity index (χ0) is 13.4. The van der Waals surface area contributed by atoms with Gasteiger partial charge in [0.25, 0.3) is 0 Å². The SMILES string of the molecule is C=CCNc1nc(COC)nc(OCCC)c1N. The van der Waals surface area contributed by atoms with Crippen LogP contribution in [0.15, 0.2) is 12.7 Å². The number of methoxy groups -OCH3 is 1. The molecule has 0 amide bonds. The van der Waals surface area contributed by atoms with Gasteiger partial charge in [0, 0.05) is 13.7 Å². The van der Waals surface area contributed by atoms with Gasteiger partial charge in [0.15, 0.2) is 11.6 Å². The van der Waals surface area contributed by atoms with Crippen LogP contribution in [0.5, 0.6) is 5.88 Å². The second kappa shape index (κ2) is 7.50. The maximum atomic E-state index is 5.94. The molecule has 0 spiro atoms. The molecule has 1 aromatic heterocycles. The minimum Gasteiger partial charge on any atom is -0.476 e. The lowest BCUT2D eigenvalue weighted by Crippen LogP contribution is -2.11. The van der Waals surface area contributed by atoms with Gasteiger partial charge in [-0.15, -0.1) is 6.58 Å². The van der Waals surface area contributed by atoms with Crippen molar-refractivity contribution >= 4 is 11.5 Å². The van der Waals surface area contributed by atoms with Gasteiger partial charge in [-0.25, -0.2) is 4.98 Å². The van der Waals surface area contributed by atoms with Gasteiger partial charge in [-0.2, -0.15) is 4.98 Å². The van der Waals surface area contributed by atoms with Crippen molar-refractivity contribution in [2.45, 2.75) is 20.0 Å². The van der Waals surface area contributed by atoms with Crippen molar-refractivity contribution in [3.05, 3.63) is 18.5 Å². The maximum absolute atomic E-state index is 5.94. The Morgan fingerprint density at radius 3 is 2.83 bits per heavy atom. The largest absolute Gasteiger partial charge is 0.476 e. The van der Waals surface area contributed by atoms with E-state index in [2.05, 4.69) is 21.9 Å². The van der Waals surface area contributed by atoms with E-state index >= 15 is 0 Å². The van der Waals surface area contributed by atoms with Crippen molar-refractivity contribution in [1.82, 2.24) is 9.97 Å². The fourth-order valence-electron chi connectivity index (χ4n) is 1.30. The Labute approximate surface area is 107 Å². The summed E-state index contributed by atoms with van der Waals surface area (Å²) in [6.07, 6.45) is 2.61. The van der Waals surface area contributed by atoms with Gasteiger partial charge in [0.1, 0.15) is 12.3 Å². The summed E-state index contributed by atoms with van der Waals surface area (Å²) in [4.78, 5) is 8.49. The highest BCUT2D eigenvalue weighted by Gasteiger charge is 2.12. The van der Waals surface area contributed by atoms with Crippen LogP contribution >= 0.6 is 0 Å². The van der Waals surface area contributed by atoms with Gasteiger partial charge >= 0.3 is 0 Å². The number of aromatic nitrogens is 2. The summed E-state index contributed by atoms with van der Waals surface area (Å²) in [5.41, 5.74) is 6.35. The molecule has 0 aliphatic heterocycles. The highest BCUT2D eigenvalue weighted by Crippen LogP contribution is 2.26. The number of hydrogen-bond donors (Lipinski definition) is 2. The zero-order valence-electron chi connectivity index (χ0n) is 10.9. The summed E-state index contributed by atoms with van der Waals surface area (Å²) in [5, 5.41) is 3.05. The molecule has 0 saturated heterocycles. The van der Waals surface area contributed by atoms with E-state index in [1.54, 1.807) is 13.2 Å². The molecule has 3 N–H and O–H groups in total. The Hall–Kier alpha value is -1.82. The highest BCUT2D eigenvalue weighted by molar-refractivity contribution is 5.67. The normalized spacial score (nSPS) is 10.1. The number of rotatable bonds is 8. The average molecular weight is 252 g/mol. The molecule has 100 valence electrons. The minimum absolute atomic E-state index is 0.311. The molecule has 0 saturated carbocycles. The Bertz CT molecular complexity index is 396. The Morgan fingerprint density at radius 1 is 1.44 bits per heavy atom. The van der Waals surface area contributed by atoms with Gasteiger partial charge < -0.3 is 20.5 Å². The summed E-state index contributed by atoms with van der Waals surface area (Å²) >= 11 is 0. The van der Waals surface area contributed by atoms with Crippen LogP contribution in [0.25, 0.3) is 0 Å². The lowest BCUT2D eigenvalue weighted by molar-refractivity contribution is 0.176. The molecule has 1 rings (SSSR count). The second-order valence-electron chi connectivity index (χ2n) is 3.66. The van der Waals surface area contributed by atoms with E-state index in [4.69, 9.17) is 15.2 Å². The Morgan fingerprint density at radius 2 is 2.22 bits per heavy atom. The van der Waals surface area contributed by atoms with Crippen molar-refractivity contribution in [1.29, 1.82) is 0 Å². The van der Waals surface area contributed by atoms with E-state index in [9.17, 15) is 0 Å². The third-order valence-corrected chi connectivity index (χ3v) is 2.09. The molecule has 0 bridgehead atoms. The molecule has 0 aliphatic carbocycles. The first-order valence-corrected chi connectivity index (χ1v) is 5.85. The Kier molecular flexibility index (Phi) is 5.93. The van der Waals surface area contributed by atoms with Gasteiger partial charge in [-0.3, -0.25) is 0 Å². The second-order valence-corrected chi connectivity index (χ2v) is 3.66. The highest BCUT2D eigenvalue weighted by atomic mass is 16.5. The summed E-state index contributed by atoms with van der Waals surface area (Å²) in [6.45, 7) is 7.10. The van der Waals surface area contributed by atoms with E-state index in [-0.39, 0.29) is 0 Å². The minimum atomic E-state index is 0.311. The lowest BCUT2D eigenvalue weighted by atomic mass is 10.4. The van der Waals surface area contributed by atoms with Crippen molar-refractivity contribution in [2.24, 2.45) is 0 Å². The van der Waals surface area contributed by atoms with Crippen molar-refractivity contribution in [2.75, 3.05) is 31.3 Å². The fraction of sp³-hybridized carbons (Fsp3) is 0.500. The first kappa shape index (κ1) is 14.2. The first-order chi connectivity index (χ1) is 8.72. The topological polar surface area (TPSA) is 82.3 Å². The first-order valence-electron chi connectivity index (χ1n) is 5.85. The number of nitrogens with zero attached hydrogens (tertiary/aromatic N) is 2. The number of nitrogens with one attached hydrogen (secondary N) is 1. The van der Waals surface area contributed by atoms with Gasteiger partial charge in [0.2, 0.25) is 5.88 Å². The van der Waals surface area contributed by atoms with Crippen LogP contribution in [-0.2, 0) is 11.3 Å². The quantitative estimate of drug-likeness (QED) is 0.684. The van der Waals surface area contributed by atoms with Crippen molar-refractivity contribution in [3.8, 4) is 5.88 Å². The number of anilines is 2. The predicted molar refractivity (Wildman–Crippen MR) is 71.6 cm³/mol. The van der Waals surface area contributed by atoms with Crippen LogP contribution in [-0.4, -0.2) is 30.2 Å². The molecule has 6 nitrogen and oxygen atoms in total. The van der Waals surface area contributed by atoms with Crippen LogP contribution in [0.2, 0.25) is 0 Å². The lowest BCUT2D eigenvalue weighted by Gasteiger charge is -2.13. The maximum Gasteiger partial charge on any atom is 0.242 e. The Balaban J connectivity index is 2.98. The fourth-order valence-corrected chi connectivity index (χ4v) is 1.30. The van der Waals surface area contributed by atoms with Gasteiger partial charge in [0.05, 0.1) is 6.61 Å². The molecule has 1 aromatic rings. The van der Waals surface area contributed by atoms with Crippen LogP contribution in [0, 0.1) is 0 Å². The standard InChI is InChI=1S/C12H20N4O2/c1-4-6-14-11-10(13)12(18-7-5-2)16-9(15-11)8-17-3/h4H,1,5-8,13H2,2-3H3,(H,14,15,16). The van der Waals surface area contributed by atoms with Crippen LogP contribution in [0.3, 0.4) is 0 Å². The monoisotopic (exact) mass is 252 g/mol. The van der Waals surface area contributed by atoms with Crippen LogP contribution in [0.1, 0.15) is 19.2 Å². The van der Waals surface area contributed by atoms with E-state index in [1.807, 2.05) is 6.92 Å². The van der Waals surface area contributed by atoms with E-state index in [1.165, 1.54) is 0 Å². The van der Waals surface area contributed by atoms with Crippen LogP contribution < -0.4 is 15.8 Å². The van der Waals surface area contributed by atoms with Crippen LogP contribution in [0.4, 0.5) is 11.5 Å². The van der Waals surface area contributed by atoms with Gasteiger partial charge in [-0.1, -0.05) is 13.0 Å². The van der Waals surface area contributed by atoms with Crippen molar-refractivity contribution < 1.29 is 9.47 Å². The number of nitrogens with two attached hydrogens (primary N) is 1. The van der Waals surface area contributed by atoms with E-state index in [0.717, 1.165) is 6.42 Å². The molecule has 18 heavy (non-hydrogen) atoms. The molecule has 0 aromatic carbocycles. The van der Waals surface area contributed by atoms with Gasteiger partial charge in [-0.05, 0) is 6.42 Å². The zero-order valence-corrected chi connectivity index (χ0v) is 10.9. The third kappa shape index (κ3) is 3.89. The summed E-state index contributed by atoms with van der Waals surface area (Å²) in [6, 6.07) is 0. The molecule has 0 unspecified atom stereocenters. The van der Waals surface area contributed by atoms with E-state index in [0.29, 0.717) is 43.0 Å². The van der Waals surface area contributed by atoms with Crippen molar-refractivity contribution in [3.63, 3.8) is 0 Å². The number of ether oxygens (including phenoxy) is 2. The predicted octanol–water partition coefficient (Wildman–Crippen LogP) is 1.59. The molecule has 1 heterocycles. The molecule has 0 fully saturated rings. The number of nitrogen functional groups attached to an aromatic ring is 1. The smallest absolute Gasteiger partial charge is 0.242 e. The molecular formula is C12H20N4O2. The average Bonchev–Trinajstić information content (AvgIpc) is 2.37. The number of hydrogen-bond acceptors (Lipinski definition) is 6.